The van der Waals surface area contributed by atoms with Gasteiger partial charge in [0.1, 0.15) is 0 Å². The molecule has 8 nitrogen and oxygen atoms in total. The van der Waals surface area contributed by atoms with Crippen LogP contribution in [0.1, 0.15) is 22.3 Å². The Bertz CT molecular complexity index is 1300. The molecule has 2 aliphatic heterocycles. The van der Waals surface area contributed by atoms with Crippen molar-refractivity contribution in [2.24, 2.45) is 0 Å². The molecule has 0 spiro atoms. The van der Waals surface area contributed by atoms with Gasteiger partial charge in [0.15, 0.2) is 11.2 Å². The first-order chi connectivity index (χ1) is 17.3. The molecule has 0 bridgehead atoms. The normalized spacial score (nSPS) is 14.8. The Hall–Kier alpha value is -4.49. The molecule has 9 heteroatoms. The number of nitrogens with one attached hydrogen (secondary N) is 2. The second kappa shape index (κ2) is 9.52. The fourth-order valence-electron chi connectivity index (χ4n) is 4.65. The molecule has 4 N–H and O–H groups in total. The van der Waals surface area contributed by atoms with Gasteiger partial charge in [-0.1, -0.05) is 72.8 Å². The number of para-hydroxylation sites is 4. The molecule has 0 fully saturated rings. The van der Waals surface area contributed by atoms with Crippen molar-refractivity contribution in [1.29, 1.82) is 0 Å². The number of aliphatic hydroxyl groups is 2. The van der Waals surface area contributed by atoms with Gasteiger partial charge in [-0.15, -0.1) is 0 Å². The third-order valence-corrected chi connectivity index (χ3v) is 6.40. The van der Waals surface area contributed by atoms with Crippen molar-refractivity contribution in [3.05, 3.63) is 119 Å². The second-order valence-corrected chi connectivity index (χ2v) is 8.43. The molecule has 37 heavy (non-hydrogen) atoms. The number of fused-ring (bicyclic) bond motifs is 4. The van der Waals surface area contributed by atoms with Crippen LogP contribution < -0.4 is 20.8 Å². The van der Waals surface area contributed by atoms with Crippen molar-refractivity contribution in [2.45, 2.75) is 11.2 Å². The van der Waals surface area contributed by atoms with Gasteiger partial charge in [-0.2, -0.15) is 0 Å². The fraction of sp³-hybridized carbons (Fsp3) is 0.0714. The third kappa shape index (κ3) is 3.93. The summed E-state index contributed by atoms with van der Waals surface area (Å²) in [4.78, 5) is 22.8. The Morgan fingerprint density at radius 3 is 0.946 bits per heavy atom. The number of benzene rings is 4. The first-order valence-electron chi connectivity index (χ1n) is 11.1. The van der Waals surface area contributed by atoms with Gasteiger partial charge in [0.2, 0.25) is 0 Å². The van der Waals surface area contributed by atoms with Crippen LogP contribution in [0.4, 0.5) is 22.7 Å². The zero-order chi connectivity index (χ0) is 25.5. The van der Waals surface area contributed by atoms with Crippen molar-refractivity contribution in [2.75, 3.05) is 10.6 Å². The number of carbonyl (C=O) groups excluding carboxylic acids is 2. The second-order valence-electron chi connectivity index (χ2n) is 8.43. The first-order valence-corrected chi connectivity index (χ1v) is 11.1. The third-order valence-electron chi connectivity index (χ3n) is 6.40. The molecule has 0 atom stereocenters. The van der Waals surface area contributed by atoms with Crippen LogP contribution in [0.5, 0.6) is 0 Å². The van der Waals surface area contributed by atoms with Crippen LogP contribution >= 0.6 is 0 Å². The molecular formula is C28H20BeN2O6. The van der Waals surface area contributed by atoms with Crippen molar-refractivity contribution >= 4 is 44.8 Å². The quantitative estimate of drug-likeness (QED) is 0.306. The Morgan fingerprint density at radius 2 is 0.730 bits per heavy atom. The molecule has 0 radical (unpaired) electrons. The zero-order valence-electron chi connectivity index (χ0n) is 19.5. The van der Waals surface area contributed by atoms with E-state index in [9.17, 15) is 30.0 Å². The van der Waals surface area contributed by atoms with E-state index in [0.717, 1.165) is 0 Å². The van der Waals surface area contributed by atoms with E-state index in [1.54, 1.807) is 97.1 Å². The monoisotopic (exact) mass is 489 g/mol. The fourth-order valence-corrected chi connectivity index (χ4v) is 4.65. The summed E-state index contributed by atoms with van der Waals surface area (Å²) in [5.41, 5.74) is -0.756. The summed E-state index contributed by atoms with van der Waals surface area (Å²) in [6.45, 7) is 0. The van der Waals surface area contributed by atoms with E-state index in [1.807, 2.05) is 0 Å². The molecule has 2 aliphatic rings. The van der Waals surface area contributed by atoms with E-state index in [0.29, 0.717) is 45.0 Å². The number of anilines is 4. The average Bonchev–Trinajstić information content (AvgIpc) is 2.89. The van der Waals surface area contributed by atoms with Gasteiger partial charge < -0.3 is 40.6 Å². The maximum absolute atomic E-state index is 11.4. The molecule has 0 amide bonds. The SMILES string of the molecule is O=C([O-])C1(O)c2ccccc2Nc2ccccc21.O=C([O-])C1(O)c2ccccc2Nc2ccccc21.[Be+2]. The molecule has 2 heterocycles. The molecule has 0 saturated carbocycles. The van der Waals surface area contributed by atoms with Crippen molar-refractivity contribution in [3.63, 3.8) is 0 Å². The van der Waals surface area contributed by atoms with Crippen LogP contribution in [0, 0.1) is 0 Å². The summed E-state index contributed by atoms with van der Waals surface area (Å²) < 4.78 is 0. The summed E-state index contributed by atoms with van der Waals surface area (Å²) >= 11 is 0. The maximum Gasteiger partial charge on any atom is 2.00 e. The standard InChI is InChI=1S/2C14H11NO3.Be/c2*16-13(17)14(18)9-5-1-3-7-11(9)15-12-8-4-2-6-10(12)14;/h2*1-8,15,18H,(H,16,17);/q;;+2/p-2. The number of hydrogen-bond donors (Lipinski definition) is 4. The van der Waals surface area contributed by atoms with Crippen LogP contribution in [0.15, 0.2) is 97.1 Å². The van der Waals surface area contributed by atoms with Crippen molar-refractivity contribution in [1.82, 2.24) is 0 Å². The van der Waals surface area contributed by atoms with Crippen LogP contribution in [0.25, 0.3) is 0 Å². The minimum Gasteiger partial charge on any atom is -0.546 e. The number of carboxylic acid groups (broad SMARTS) is 2. The molecule has 0 unspecified atom stereocenters. The summed E-state index contributed by atoms with van der Waals surface area (Å²) in [6.07, 6.45) is 0. The predicted octanol–water partition coefficient (Wildman–Crippen LogP) is 1.08. The van der Waals surface area contributed by atoms with E-state index in [2.05, 4.69) is 10.6 Å². The Balaban J connectivity index is 0.000000168. The average molecular weight is 489 g/mol. The van der Waals surface area contributed by atoms with Gasteiger partial charge in [0.25, 0.3) is 0 Å². The van der Waals surface area contributed by atoms with Gasteiger partial charge in [-0.3, -0.25) is 0 Å². The van der Waals surface area contributed by atoms with Gasteiger partial charge in [-0.05, 0) is 24.3 Å². The number of hydrogen-bond acceptors (Lipinski definition) is 8. The van der Waals surface area contributed by atoms with E-state index < -0.39 is 23.1 Å². The van der Waals surface area contributed by atoms with Crippen LogP contribution in [-0.2, 0) is 20.8 Å². The minimum absolute atomic E-state index is 0. The molecule has 0 aliphatic carbocycles. The molecule has 0 saturated heterocycles. The van der Waals surface area contributed by atoms with E-state index in [4.69, 9.17) is 0 Å². The Morgan fingerprint density at radius 1 is 0.514 bits per heavy atom. The van der Waals surface area contributed by atoms with Crippen LogP contribution in [0.3, 0.4) is 0 Å². The van der Waals surface area contributed by atoms with Crippen molar-refractivity contribution in [3.8, 4) is 0 Å². The van der Waals surface area contributed by atoms with Gasteiger partial charge in [0, 0.05) is 45.0 Å². The van der Waals surface area contributed by atoms with Crippen LogP contribution in [0.2, 0.25) is 0 Å². The first kappa shape index (κ1) is 25.6. The molecule has 4 aromatic carbocycles. The summed E-state index contributed by atoms with van der Waals surface area (Å²) in [7, 11) is 0. The number of carboxylic acids is 2. The Kier molecular flexibility index (Phi) is 6.58. The van der Waals surface area contributed by atoms with Crippen LogP contribution in [-0.4, -0.2) is 32.3 Å². The van der Waals surface area contributed by atoms with E-state index in [-0.39, 0.29) is 10.1 Å². The maximum atomic E-state index is 11.4. The smallest absolute Gasteiger partial charge is 0.546 e. The van der Waals surface area contributed by atoms with Gasteiger partial charge in [0.05, 0.1) is 11.9 Å². The summed E-state index contributed by atoms with van der Waals surface area (Å²) in [6, 6.07) is 27.0. The molecule has 6 rings (SSSR count). The summed E-state index contributed by atoms with van der Waals surface area (Å²) in [5.74, 6) is -3.05. The topological polar surface area (TPSA) is 145 Å². The number of aliphatic carboxylic acids is 2. The largest absolute Gasteiger partial charge is 2.00 e. The molecule has 0 aromatic heterocycles. The van der Waals surface area contributed by atoms with Crippen molar-refractivity contribution < 1.29 is 30.0 Å². The van der Waals surface area contributed by atoms with E-state index >= 15 is 0 Å². The Labute approximate surface area is 216 Å². The molecule has 4 aromatic rings. The van der Waals surface area contributed by atoms with Gasteiger partial charge >= 0.3 is 10.1 Å². The number of carbonyl (C=O) groups is 2. The minimum atomic E-state index is -2.11. The molecular weight excluding hydrogens is 469 g/mol. The number of rotatable bonds is 2. The van der Waals surface area contributed by atoms with Gasteiger partial charge in [-0.25, -0.2) is 0 Å². The van der Waals surface area contributed by atoms with E-state index in [1.165, 1.54) is 0 Å². The summed E-state index contributed by atoms with van der Waals surface area (Å²) in [5, 5.41) is 50.1. The zero-order valence-corrected chi connectivity index (χ0v) is 19.5. The molecule has 180 valence electrons. The predicted molar refractivity (Wildman–Crippen MR) is 134 cm³/mol.